The van der Waals surface area contributed by atoms with Crippen LogP contribution in [0.3, 0.4) is 0 Å². The van der Waals surface area contributed by atoms with Crippen molar-refractivity contribution in [3.63, 3.8) is 0 Å². The van der Waals surface area contributed by atoms with Crippen molar-refractivity contribution in [2.45, 2.75) is 23.9 Å². The minimum atomic E-state index is -4.45. The number of halogens is 3. The van der Waals surface area contributed by atoms with Gasteiger partial charge in [-0.05, 0) is 0 Å². The lowest BCUT2D eigenvalue weighted by Crippen LogP contribution is -2.49. The number of hydrogen-bond donors (Lipinski definition) is 3. The van der Waals surface area contributed by atoms with Crippen LogP contribution < -0.4 is 16.6 Å². The average molecular weight is 257 g/mol. The molecule has 4 N–H and O–H groups in total. The maximum atomic E-state index is 12.4. The molecule has 5 nitrogen and oxygen atoms in total. The minimum Gasteiger partial charge on any atom is -0.343 e. The van der Waals surface area contributed by atoms with Gasteiger partial charge in [-0.25, -0.2) is 5.84 Å². The molecule has 2 atom stereocenters. The van der Waals surface area contributed by atoms with Gasteiger partial charge in [0.05, 0.1) is 0 Å². The van der Waals surface area contributed by atoms with Gasteiger partial charge in [0.2, 0.25) is 5.91 Å². The molecule has 1 heterocycles. The standard InChI is InChI=1S/C7H10F3N3O2S/c8-7(9,10)4-1-5(14)12-3(2-16-4)6(15)13-11/h3-4H,1-2,11H2,(H,12,14)(H,13,15)/t3-,4+/m0/s1. The second kappa shape index (κ2) is 4.91. The Labute approximate surface area is 93.3 Å². The zero-order chi connectivity index (χ0) is 12.3. The molecular formula is C7H10F3N3O2S. The third-order valence-corrected chi connectivity index (χ3v) is 3.36. The van der Waals surface area contributed by atoms with Gasteiger partial charge in [0.15, 0.2) is 0 Å². The zero-order valence-corrected chi connectivity index (χ0v) is 8.82. The third kappa shape index (κ3) is 3.27. The summed E-state index contributed by atoms with van der Waals surface area (Å²) in [5.74, 6) is 3.17. The van der Waals surface area contributed by atoms with Crippen LogP contribution in [0.25, 0.3) is 0 Å². The van der Waals surface area contributed by atoms with Crippen molar-refractivity contribution in [3.05, 3.63) is 0 Å². The van der Waals surface area contributed by atoms with Crippen molar-refractivity contribution in [2.75, 3.05) is 5.75 Å². The molecule has 1 rings (SSSR count). The fourth-order valence-corrected chi connectivity index (χ4v) is 2.30. The molecular weight excluding hydrogens is 247 g/mol. The van der Waals surface area contributed by atoms with Crippen molar-refractivity contribution >= 4 is 23.6 Å². The molecule has 2 amide bonds. The van der Waals surface area contributed by atoms with Crippen LogP contribution in [-0.4, -0.2) is 35.0 Å². The largest absolute Gasteiger partial charge is 0.401 e. The van der Waals surface area contributed by atoms with E-state index in [9.17, 15) is 22.8 Å². The number of amides is 2. The quantitative estimate of drug-likeness (QED) is 0.337. The molecule has 0 aromatic carbocycles. The molecule has 0 unspecified atom stereocenters. The van der Waals surface area contributed by atoms with Crippen molar-refractivity contribution in [2.24, 2.45) is 5.84 Å². The Morgan fingerprint density at radius 1 is 1.56 bits per heavy atom. The van der Waals surface area contributed by atoms with Crippen LogP contribution in [0.2, 0.25) is 0 Å². The summed E-state index contributed by atoms with van der Waals surface area (Å²) in [6.07, 6.45) is -5.13. The molecule has 0 aromatic rings. The number of hydrazine groups is 1. The Hall–Kier alpha value is -0.960. The Morgan fingerprint density at radius 3 is 2.69 bits per heavy atom. The molecule has 1 saturated heterocycles. The fraction of sp³-hybridized carbons (Fsp3) is 0.714. The Morgan fingerprint density at radius 2 is 2.19 bits per heavy atom. The van der Waals surface area contributed by atoms with E-state index >= 15 is 0 Å². The number of thioether (sulfide) groups is 1. The molecule has 92 valence electrons. The van der Waals surface area contributed by atoms with Crippen molar-refractivity contribution in [3.8, 4) is 0 Å². The summed E-state index contributed by atoms with van der Waals surface area (Å²) in [5.41, 5.74) is 1.79. The second-order valence-electron chi connectivity index (χ2n) is 3.20. The molecule has 0 radical (unpaired) electrons. The summed E-state index contributed by atoms with van der Waals surface area (Å²) in [6.45, 7) is 0. The highest BCUT2D eigenvalue weighted by Gasteiger charge is 2.43. The molecule has 1 fully saturated rings. The monoisotopic (exact) mass is 257 g/mol. The first-order valence-electron chi connectivity index (χ1n) is 4.32. The van der Waals surface area contributed by atoms with Crippen LogP contribution >= 0.6 is 11.8 Å². The van der Waals surface area contributed by atoms with Crippen molar-refractivity contribution < 1.29 is 22.8 Å². The van der Waals surface area contributed by atoms with E-state index in [4.69, 9.17) is 5.84 Å². The number of rotatable bonds is 1. The molecule has 1 aliphatic rings. The lowest BCUT2D eigenvalue weighted by Gasteiger charge is -2.16. The van der Waals surface area contributed by atoms with Crippen LogP contribution in [-0.2, 0) is 9.59 Å². The highest BCUT2D eigenvalue weighted by atomic mass is 32.2. The highest BCUT2D eigenvalue weighted by Crippen LogP contribution is 2.34. The number of alkyl halides is 3. The summed E-state index contributed by atoms with van der Waals surface area (Å²) in [5, 5.41) is 0.405. The van der Waals surface area contributed by atoms with Gasteiger partial charge >= 0.3 is 6.18 Å². The van der Waals surface area contributed by atoms with Crippen LogP contribution in [0.15, 0.2) is 0 Å². The van der Waals surface area contributed by atoms with E-state index in [0.717, 1.165) is 0 Å². The topological polar surface area (TPSA) is 84.2 Å². The van der Waals surface area contributed by atoms with Gasteiger partial charge in [0, 0.05) is 12.2 Å². The molecule has 0 aliphatic carbocycles. The van der Waals surface area contributed by atoms with Gasteiger partial charge in [-0.15, -0.1) is 11.8 Å². The first-order valence-corrected chi connectivity index (χ1v) is 5.37. The van der Waals surface area contributed by atoms with E-state index < -0.39 is 35.7 Å². The van der Waals surface area contributed by atoms with Gasteiger partial charge in [0.25, 0.3) is 5.91 Å². The maximum Gasteiger partial charge on any atom is 0.401 e. The number of carbonyl (C=O) groups is 2. The summed E-state index contributed by atoms with van der Waals surface area (Å²) in [7, 11) is 0. The van der Waals surface area contributed by atoms with Crippen LogP contribution in [0.1, 0.15) is 6.42 Å². The van der Waals surface area contributed by atoms with E-state index in [-0.39, 0.29) is 5.75 Å². The van der Waals surface area contributed by atoms with Crippen molar-refractivity contribution in [1.82, 2.24) is 10.7 Å². The van der Waals surface area contributed by atoms with E-state index in [1.807, 2.05) is 0 Å². The van der Waals surface area contributed by atoms with E-state index in [0.29, 0.717) is 11.8 Å². The van der Waals surface area contributed by atoms with Gasteiger partial charge in [-0.2, -0.15) is 13.2 Å². The maximum absolute atomic E-state index is 12.4. The van der Waals surface area contributed by atoms with Crippen LogP contribution in [0.4, 0.5) is 13.2 Å². The normalized spacial score (nSPS) is 26.9. The average Bonchev–Trinajstić information content (AvgIpc) is 2.38. The second-order valence-corrected chi connectivity index (χ2v) is 4.43. The van der Waals surface area contributed by atoms with Gasteiger partial charge in [-0.1, -0.05) is 0 Å². The fourth-order valence-electron chi connectivity index (χ4n) is 1.19. The Balaban J connectivity index is 2.70. The van der Waals surface area contributed by atoms with Crippen molar-refractivity contribution in [1.29, 1.82) is 0 Å². The first-order chi connectivity index (χ1) is 7.34. The van der Waals surface area contributed by atoms with E-state index in [1.165, 1.54) is 0 Å². The molecule has 1 aliphatic heterocycles. The predicted octanol–water partition coefficient (Wildman–Crippen LogP) is -0.471. The molecule has 0 saturated carbocycles. The third-order valence-electron chi connectivity index (χ3n) is 1.99. The van der Waals surface area contributed by atoms with E-state index in [2.05, 4.69) is 5.32 Å². The molecule has 0 bridgehead atoms. The van der Waals surface area contributed by atoms with Crippen LogP contribution in [0.5, 0.6) is 0 Å². The van der Waals surface area contributed by atoms with Gasteiger partial charge in [-0.3, -0.25) is 15.0 Å². The minimum absolute atomic E-state index is 0.154. The Bertz CT molecular complexity index is 297. The molecule has 0 aromatic heterocycles. The van der Waals surface area contributed by atoms with Gasteiger partial charge in [0.1, 0.15) is 11.3 Å². The smallest absolute Gasteiger partial charge is 0.343 e. The highest BCUT2D eigenvalue weighted by molar-refractivity contribution is 8.00. The molecule has 0 spiro atoms. The molecule has 16 heavy (non-hydrogen) atoms. The van der Waals surface area contributed by atoms with Crippen LogP contribution in [0, 0.1) is 0 Å². The Kier molecular flexibility index (Phi) is 4.03. The number of nitrogens with two attached hydrogens (primary N) is 1. The summed E-state index contributed by atoms with van der Waals surface area (Å²) >= 11 is 0.522. The summed E-state index contributed by atoms with van der Waals surface area (Å²) in [4.78, 5) is 22.2. The number of hydrogen-bond acceptors (Lipinski definition) is 4. The number of carbonyl (C=O) groups excluding carboxylic acids is 2. The lowest BCUT2D eigenvalue weighted by molar-refractivity contribution is -0.140. The molecule has 9 heteroatoms. The number of nitrogens with one attached hydrogen (secondary N) is 2. The predicted molar refractivity (Wildman–Crippen MR) is 51.2 cm³/mol. The summed E-state index contributed by atoms with van der Waals surface area (Å²) < 4.78 is 37.1. The lowest BCUT2D eigenvalue weighted by atomic mass is 10.2. The zero-order valence-electron chi connectivity index (χ0n) is 8.00. The first kappa shape index (κ1) is 13.1. The van der Waals surface area contributed by atoms with E-state index in [1.54, 1.807) is 5.43 Å². The summed E-state index contributed by atoms with van der Waals surface area (Å²) in [6, 6.07) is -1.02. The SMILES string of the molecule is NNC(=O)[C@@H]1CS[C@@H](C(F)(F)F)CC(=O)N1. The van der Waals surface area contributed by atoms with Gasteiger partial charge < -0.3 is 5.32 Å².